The van der Waals surface area contributed by atoms with Gasteiger partial charge in [0, 0.05) is 12.6 Å². The van der Waals surface area contributed by atoms with Crippen LogP contribution in [-0.4, -0.2) is 25.0 Å². The van der Waals surface area contributed by atoms with E-state index in [1.165, 1.54) is 24.3 Å². The molecule has 0 aromatic heterocycles. The van der Waals surface area contributed by atoms with Crippen LogP contribution in [0.25, 0.3) is 0 Å². The van der Waals surface area contributed by atoms with Crippen molar-refractivity contribution in [2.45, 2.75) is 13.3 Å². The summed E-state index contributed by atoms with van der Waals surface area (Å²) in [5.41, 5.74) is 0.919. The molecule has 112 valence electrons. The van der Waals surface area contributed by atoms with Crippen molar-refractivity contribution in [3.63, 3.8) is 0 Å². The summed E-state index contributed by atoms with van der Waals surface area (Å²) in [4.78, 5) is 22.6. The molecule has 0 saturated carbocycles. The van der Waals surface area contributed by atoms with Crippen molar-refractivity contribution in [2.75, 3.05) is 13.2 Å². The lowest BCUT2D eigenvalue weighted by Gasteiger charge is -2.05. The van der Waals surface area contributed by atoms with Crippen molar-refractivity contribution in [2.24, 2.45) is 0 Å². The normalized spacial score (nSPS) is 11.0. The third-order valence-corrected chi connectivity index (χ3v) is 2.53. The van der Waals surface area contributed by atoms with Gasteiger partial charge >= 0.3 is 5.97 Å². The van der Waals surface area contributed by atoms with Crippen molar-refractivity contribution in [1.29, 1.82) is 0 Å². The number of amides is 1. The number of ether oxygens (including phenoxy) is 1. The average Bonchev–Trinajstić information content (AvgIpc) is 2.47. The molecule has 0 fully saturated rings. The minimum Gasteiger partial charge on any atom is -0.452 e. The van der Waals surface area contributed by atoms with Crippen LogP contribution in [0.5, 0.6) is 0 Å². The highest BCUT2D eigenvalue weighted by Crippen LogP contribution is 2.02. The molecule has 1 aromatic carbocycles. The average molecular weight is 291 g/mol. The van der Waals surface area contributed by atoms with Crippen LogP contribution in [0.15, 0.2) is 48.6 Å². The zero-order valence-corrected chi connectivity index (χ0v) is 11.8. The number of hydrogen-bond acceptors (Lipinski definition) is 3. The smallest absolute Gasteiger partial charge is 0.331 e. The molecule has 0 spiro atoms. The Kier molecular flexibility index (Phi) is 7.50. The van der Waals surface area contributed by atoms with Gasteiger partial charge in [0.15, 0.2) is 6.61 Å². The molecule has 4 nitrogen and oxygen atoms in total. The first-order valence-electron chi connectivity index (χ1n) is 6.59. The zero-order chi connectivity index (χ0) is 15.5. The van der Waals surface area contributed by atoms with Gasteiger partial charge in [-0.15, -0.1) is 0 Å². The molecular weight excluding hydrogens is 273 g/mol. The van der Waals surface area contributed by atoms with E-state index in [0.717, 1.165) is 5.56 Å². The number of carbonyl (C=O) groups is 2. The molecule has 1 rings (SSSR count). The Morgan fingerprint density at radius 1 is 1.24 bits per heavy atom. The monoisotopic (exact) mass is 291 g/mol. The number of benzene rings is 1. The summed E-state index contributed by atoms with van der Waals surface area (Å²) in [7, 11) is 0. The molecule has 0 aliphatic carbocycles. The summed E-state index contributed by atoms with van der Waals surface area (Å²) >= 11 is 0. The lowest BCUT2D eigenvalue weighted by molar-refractivity contribution is -0.143. The molecule has 1 aromatic rings. The third-order valence-electron chi connectivity index (χ3n) is 2.53. The van der Waals surface area contributed by atoms with Gasteiger partial charge in [-0.25, -0.2) is 9.18 Å². The molecule has 0 unspecified atom stereocenters. The summed E-state index contributed by atoms with van der Waals surface area (Å²) in [5, 5.41) is 2.62. The zero-order valence-electron chi connectivity index (χ0n) is 11.8. The second-order valence-electron chi connectivity index (χ2n) is 4.22. The van der Waals surface area contributed by atoms with Crippen LogP contribution >= 0.6 is 0 Å². The predicted octanol–water partition coefficient (Wildman–Crippen LogP) is 2.16. The Balaban J connectivity index is 2.19. The largest absolute Gasteiger partial charge is 0.452 e. The number of nitrogens with one attached hydrogen (secondary N) is 1. The Morgan fingerprint density at radius 3 is 2.62 bits per heavy atom. The van der Waals surface area contributed by atoms with E-state index in [1.807, 2.05) is 6.92 Å². The fraction of sp³-hybridized carbons (Fsp3) is 0.250. The van der Waals surface area contributed by atoms with Gasteiger partial charge in [-0.1, -0.05) is 30.4 Å². The maximum atomic E-state index is 12.7. The number of halogens is 1. The number of rotatable bonds is 7. The SMILES string of the molecule is CC=CC=CC(=O)OCC(=O)NCCc1ccc(F)cc1. The minimum atomic E-state index is -0.568. The van der Waals surface area contributed by atoms with Gasteiger partial charge in [0.25, 0.3) is 5.91 Å². The molecule has 0 atom stereocenters. The molecular formula is C16H18FNO3. The minimum absolute atomic E-state index is 0.291. The summed E-state index contributed by atoms with van der Waals surface area (Å²) in [6, 6.07) is 6.06. The van der Waals surface area contributed by atoms with Crippen molar-refractivity contribution in [3.8, 4) is 0 Å². The summed E-state index contributed by atoms with van der Waals surface area (Å²) in [6.07, 6.45) is 6.82. The molecule has 1 N–H and O–H groups in total. The van der Waals surface area contributed by atoms with Gasteiger partial charge in [-0.05, 0) is 31.0 Å². The van der Waals surface area contributed by atoms with E-state index in [2.05, 4.69) is 5.32 Å². The predicted molar refractivity (Wildman–Crippen MR) is 78.0 cm³/mol. The first kappa shape index (κ1) is 16.6. The standard InChI is InChI=1S/C16H18FNO3/c1-2-3-4-5-16(20)21-12-15(19)18-11-10-13-6-8-14(17)9-7-13/h2-9H,10-12H2,1H3,(H,18,19). The molecule has 21 heavy (non-hydrogen) atoms. The van der Waals surface area contributed by atoms with Crippen LogP contribution in [-0.2, 0) is 20.7 Å². The summed E-state index contributed by atoms with van der Waals surface area (Å²) < 4.78 is 17.4. The van der Waals surface area contributed by atoms with E-state index in [4.69, 9.17) is 4.74 Å². The first-order valence-corrected chi connectivity index (χ1v) is 6.59. The van der Waals surface area contributed by atoms with Gasteiger partial charge in [-0.3, -0.25) is 4.79 Å². The molecule has 0 heterocycles. The lowest BCUT2D eigenvalue weighted by Crippen LogP contribution is -2.30. The third kappa shape index (κ3) is 7.67. The maximum absolute atomic E-state index is 12.7. The fourth-order valence-electron chi connectivity index (χ4n) is 1.48. The van der Waals surface area contributed by atoms with E-state index in [9.17, 15) is 14.0 Å². The lowest BCUT2D eigenvalue weighted by atomic mass is 10.1. The number of allylic oxidation sites excluding steroid dienone is 3. The van der Waals surface area contributed by atoms with E-state index < -0.39 is 5.97 Å². The van der Waals surface area contributed by atoms with Crippen LogP contribution in [0.3, 0.4) is 0 Å². The van der Waals surface area contributed by atoms with E-state index in [-0.39, 0.29) is 18.3 Å². The molecule has 0 aliphatic rings. The topological polar surface area (TPSA) is 55.4 Å². The Labute approximate surface area is 123 Å². The van der Waals surface area contributed by atoms with Gasteiger partial charge < -0.3 is 10.1 Å². The molecule has 1 amide bonds. The Morgan fingerprint density at radius 2 is 1.95 bits per heavy atom. The van der Waals surface area contributed by atoms with E-state index >= 15 is 0 Å². The number of hydrogen-bond donors (Lipinski definition) is 1. The molecule has 5 heteroatoms. The molecule has 0 radical (unpaired) electrons. The van der Waals surface area contributed by atoms with Gasteiger partial charge in [0.2, 0.25) is 0 Å². The Hall–Kier alpha value is -2.43. The van der Waals surface area contributed by atoms with Crippen LogP contribution in [0.4, 0.5) is 4.39 Å². The van der Waals surface area contributed by atoms with E-state index in [1.54, 1.807) is 24.3 Å². The van der Waals surface area contributed by atoms with Crippen molar-refractivity contribution in [1.82, 2.24) is 5.32 Å². The van der Waals surface area contributed by atoms with Gasteiger partial charge in [-0.2, -0.15) is 0 Å². The highest BCUT2D eigenvalue weighted by Gasteiger charge is 2.04. The van der Waals surface area contributed by atoms with Crippen LogP contribution < -0.4 is 5.32 Å². The maximum Gasteiger partial charge on any atom is 0.331 e. The fourth-order valence-corrected chi connectivity index (χ4v) is 1.48. The number of esters is 1. The van der Waals surface area contributed by atoms with Gasteiger partial charge in [0.05, 0.1) is 0 Å². The molecule has 0 saturated heterocycles. The van der Waals surface area contributed by atoms with Crippen molar-refractivity contribution < 1.29 is 18.7 Å². The van der Waals surface area contributed by atoms with E-state index in [0.29, 0.717) is 13.0 Å². The van der Waals surface area contributed by atoms with Crippen molar-refractivity contribution in [3.05, 3.63) is 60.0 Å². The Bertz CT molecular complexity index is 521. The van der Waals surface area contributed by atoms with Gasteiger partial charge in [0.1, 0.15) is 5.82 Å². The van der Waals surface area contributed by atoms with Crippen LogP contribution in [0.1, 0.15) is 12.5 Å². The molecule has 0 aliphatic heterocycles. The highest BCUT2D eigenvalue weighted by atomic mass is 19.1. The van der Waals surface area contributed by atoms with Crippen LogP contribution in [0, 0.1) is 5.82 Å². The number of carbonyl (C=O) groups excluding carboxylic acids is 2. The van der Waals surface area contributed by atoms with Crippen LogP contribution in [0.2, 0.25) is 0 Å². The summed E-state index contributed by atoms with van der Waals surface area (Å²) in [5.74, 6) is -1.23. The quantitative estimate of drug-likeness (QED) is 0.476. The second kappa shape index (κ2) is 9.47. The highest BCUT2D eigenvalue weighted by molar-refractivity contribution is 5.85. The van der Waals surface area contributed by atoms with Crippen molar-refractivity contribution >= 4 is 11.9 Å². The first-order chi connectivity index (χ1) is 10.1. The molecule has 0 bridgehead atoms. The summed E-state index contributed by atoms with van der Waals surface area (Å²) in [6.45, 7) is 1.91. The second-order valence-corrected chi connectivity index (χ2v) is 4.22.